The molecule has 0 N–H and O–H groups in total. The third kappa shape index (κ3) is 2.35. The van der Waals surface area contributed by atoms with Gasteiger partial charge in [0.15, 0.2) is 0 Å². The summed E-state index contributed by atoms with van der Waals surface area (Å²) in [5, 5.41) is 6.33. The maximum atomic E-state index is 2.31. The Hall–Kier alpha value is 0.492. The summed E-state index contributed by atoms with van der Waals surface area (Å²) < 4.78 is 0. The Morgan fingerprint density at radius 1 is 0.688 bits per heavy atom. The standard InChI is InChI=1S/C13H11.3Li/c1-9-7-8-11(3)13-10(2)5-4-6-12(9)13;;;/h4-8H,1-3H2;;;. The van der Waals surface area contributed by atoms with Crippen molar-refractivity contribution in [3.05, 3.63) is 47.0 Å². The molecule has 66 valence electrons. The molecule has 0 aromatic heterocycles. The molecule has 0 amide bonds. The first-order valence-corrected chi connectivity index (χ1v) is 6.34. The van der Waals surface area contributed by atoms with Crippen molar-refractivity contribution >= 4 is 63.9 Å². The van der Waals surface area contributed by atoms with E-state index in [4.69, 9.17) is 0 Å². The Morgan fingerprint density at radius 3 is 1.88 bits per heavy atom. The monoisotopic (exact) mass is 188 g/mol. The summed E-state index contributed by atoms with van der Waals surface area (Å²) in [7, 11) is 0. The van der Waals surface area contributed by atoms with Gasteiger partial charge in [-0.1, -0.05) is 0 Å². The molecule has 0 bridgehead atoms. The molecule has 0 aliphatic carbocycles. The van der Waals surface area contributed by atoms with Crippen molar-refractivity contribution < 1.29 is 0 Å². The van der Waals surface area contributed by atoms with Crippen LogP contribution in [-0.4, -0.2) is 53.1 Å². The van der Waals surface area contributed by atoms with E-state index in [0.29, 0.717) is 0 Å². The number of hydrogen-bond acceptors (Lipinski definition) is 0. The Bertz CT molecular complexity index is 495. The van der Waals surface area contributed by atoms with Gasteiger partial charge in [0.1, 0.15) is 0 Å². The van der Waals surface area contributed by atoms with Crippen LogP contribution in [0.1, 0.15) is 16.7 Å². The summed E-state index contributed by atoms with van der Waals surface area (Å²) in [4.78, 5) is 0. The van der Waals surface area contributed by atoms with E-state index in [1.807, 2.05) is 0 Å². The fourth-order valence-electron chi connectivity index (χ4n) is 2.52. The molecule has 0 aliphatic heterocycles. The topological polar surface area (TPSA) is 0 Å². The van der Waals surface area contributed by atoms with Gasteiger partial charge in [0.2, 0.25) is 0 Å². The van der Waals surface area contributed by atoms with E-state index in [1.165, 1.54) is 27.5 Å². The first-order valence-electron chi connectivity index (χ1n) is 6.34. The van der Waals surface area contributed by atoms with Gasteiger partial charge >= 0.3 is 126 Å². The molecule has 16 heavy (non-hydrogen) atoms. The van der Waals surface area contributed by atoms with Gasteiger partial charge in [-0.25, -0.2) is 0 Å². The van der Waals surface area contributed by atoms with Gasteiger partial charge in [-0.2, -0.15) is 0 Å². The zero-order chi connectivity index (χ0) is 11.5. The second kappa shape index (κ2) is 5.90. The van der Waals surface area contributed by atoms with E-state index in [9.17, 15) is 0 Å². The summed E-state index contributed by atoms with van der Waals surface area (Å²) in [6, 6.07) is 11.3. The van der Waals surface area contributed by atoms with Crippen LogP contribution in [0.2, 0.25) is 0 Å². The van der Waals surface area contributed by atoms with E-state index in [-0.39, 0.29) is 0 Å². The Morgan fingerprint density at radius 2 is 1.25 bits per heavy atom. The van der Waals surface area contributed by atoms with Gasteiger partial charge in [-0.05, 0) is 0 Å². The predicted molar refractivity (Wildman–Crippen MR) is 72.3 cm³/mol. The molecule has 2 rings (SSSR count). The number of fused-ring (bicyclic) bond motifs is 1. The van der Waals surface area contributed by atoms with Gasteiger partial charge in [0, 0.05) is 0 Å². The van der Waals surface area contributed by atoms with Gasteiger partial charge in [0.05, 0.1) is 0 Å². The van der Waals surface area contributed by atoms with E-state index >= 15 is 0 Å². The zero-order valence-electron chi connectivity index (χ0n) is 10.5. The van der Waals surface area contributed by atoms with E-state index < -0.39 is 0 Å². The zero-order valence-corrected chi connectivity index (χ0v) is 10.5. The minimum atomic E-state index is 1.12. The fraction of sp³-hybridized carbons (Fsp3) is 0.231. The molecule has 0 fully saturated rings. The molecule has 0 aliphatic rings. The molecular weight excluding hydrogens is 177 g/mol. The van der Waals surface area contributed by atoms with Crippen molar-refractivity contribution in [2.45, 2.75) is 15.3 Å². The molecule has 0 spiro atoms. The van der Waals surface area contributed by atoms with Crippen molar-refractivity contribution in [2.75, 3.05) is 0 Å². The Labute approximate surface area is 125 Å². The van der Waals surface area contributed by atoms with Gasteiger partial charge in [-0.3, -0.25) is 0 Å². The van der Waals surface area contributed by atoms with Crippen molar-refractivity contribution in [1.29, 1.82) is 0 Å². The van der Waals surface area contributed by atoms with E-state index in [1.54, 1.807) is 0 Å². The molecule has 2 aromatic rings. The van der Waals surface area contributed by atoms with Crippen LogP contribution < -0.4 is 0 Å². The SMILES string of the molecule is [Li][CH2]c1ccc([CH2][Li])c2c([CH2][Li])cccc12. The third-order valence-corrected chi connectivity index (χ3v) is 3.45. The molecule has 0 unspecified atom stereocenters. The van der Waals surface area contributed by atoms with Crippen LogP contribution in [0.4, 0.5) is 0 Å². The third-order valence-electron chi connectivity index (χ3n) is 3.45. The minimum absolute atomic E-state index is 1.12. The number of benzene rings is 2. The summed E-state index contributed by atoms with van der Waals surface area (Å²) in [5.41, 5.74) is 4.46. The van der Waals surface area contributed by atoms with E-state index in [2.05, 4.69) is 83.5 Å². The molecule has 0 saturated heterocycles. The van der Waals surface area contributed by atoms with Crippen LogP contribution in [0, 0.1) is 0 Å². The Kier molecular flexibility index (Phi) is 4.77. The van der Waals surface area contributed by atoms with Crippen LogP contribution in [-0.2, 0) is 15.3 Å². The summed E-state index contributed by atoms with van der Waals surface area (Å²) in [5.74, 6) is 0. The van der Waals surface area contributed by atoms with E-state index in [0.717, 1.165) is 15.3 Å². The maximum absolute atomic E-state index is 2.31. The van der Waals surface area contributed by atoms with Gasteiger partial charge in [0.25, 0.3) is 0 Å². The van der Waals surface area contributed by atoms with Gasteiger partial charge < -0.3 is 0 Å². The second-order valence-corrected chi connectivity index (χ2v) is 4.28. The number of hydrogen-bond donors (Lipinski definition) is 0. The Balaban J connectivity index is 2.84. The van der Waals surface area contributed by atoms with Crippen LogP contribution >= 0.6 is 0 Å². The van der Waals surface area contributed by atoms with Crippen molar-refractivity contribution in [1.82, 2.24) is 0 Å². The van der Waals surface area contributed by atoms with Crippen LogP contribution in [0.3, 0.4) is 0 Å². The van der Waals surface area contributed by atoms with Crippen molar-refractivity contribution in [3.8, 4) is 0 Å². The predicted octanol–water partition coefficient (Wildman–Crippen LogP) is 1.85. The molecule has 0 saturated carbocycles. The van der Waals surface area contributed by atoms with Gasteiger partial charge in [-0.15, -0.1) is 0 Å². The molecule has 0 radical (unpaired) electrons. The molecule has 0 nitrogen and oxygen atoms in total. The average Bonchev–Trinajstić information content (AvgIpc) is 2.36. The summed E-state index contributed by atoms with van der Waals surface area (Å²) in [6.45, 7) is 0. The van der Waals surface area contributed by atoms with Crippen LogP contribution in [0.5, 0.6) is 0 Å². The fourth-order valence-corrected chi connectivity index (χ4v) is 2.52. The normalized spacial score (nSPS) is 11.1. The molecule has 3 heteroatoms. The molecule has 0 atom stereocenters. The molecular formula is C13H11Li3. The summed E-state index contributed by atoms with van der Waals surface area (Å²) in [6.07, 6.45) is 0. The quantitative estimate of drug-likeness (QED) is 0.644. The molecule has 0 heterocycles. The first kappa shape index (κ1) is 12.9. The van der Waals surface area contributed by atoms with Crippen molar-refractivity contribution in [3.63, 3.8) is 0 Å². The molecule has 2 aromatic carbocycles. The average molecular weight is 188 g/mol. The number of rotatable bonds is 3. The van der Waals surface area contributed by atoms with Crippen LogP contribution in [0.15, 0.2) is 30.3 Å². The second-order valence-electron chi connectivity index (χ2n) is 4.28. The van der Waals surface area contributed by atoms with Crippen molar-refractivity contribution in [2.24, 2.45) is 0 Å². The summed E-state index contributed by atoms with van der Waals surface area (Å²) >= 11 is 6.72. The first-order chi connectivity index (χ1) is 7.81. The van der Waals surface area contributed by atoms with Crippen LogP contribution in [0.25, 0.3) is 10.8 Å².